The molecule has 0 spiro atoms. The summed E-state index contributed by atoms with van der Waals surface area (Å²) in [4.78, 5) is 17.7. The van der Waals surface area contributed by atoms with Crippen LogP contribution >= 0.6 is 11.6 Å². The number of hydrogen-bond donors (Lipinski definition) is 0. The van der Waals surface area contributed by atoms with Gasteiger partial charge in [-0.1, -0.05) is 28.9 Å². The van der Waals surface area contributed by atoms with Gasteiger partial charge in [0.05, 0.1) is 17.1 Å². The lowest BCUT2D eigenvalue weighted by Crippen LogP contribution is -2.26. The van der Waals surface area contributed by atoms with Crippen LogP contribution in [-0.2, 0) is 6.54 Å². The van der Waals surface area contributed by atoms with Gasteiger partial charge in [-0.2, -0.15) is 4.98 Å². The van der Waals surface area contributed by atoms with Crippen LogP contribution in [0.4, 0.5) is 0 Å². The lowest BCUT2D eigenvalue weighted by molar-refractivity contribution is 0.0781. The smallest absolute Gasteiger partial charge is 0.255 e. The van der Waals surface area contributed by atoms with E-state index in [0.717, 1.165) is 0 Å². The minimum atomic E-state index is -0.178. The number of aryl methyl sites for hydroxylation is 1. The Morgan fingerprint density at radius 2 is 2.17 bits per heavy atom. The Kier molecular flexibility index (Phi) is 3.62. The zero-order valence-corrected chi connectivity index (χ0v) is 10.8. The van der Waals surface area contributed by atoms with Crippen molar-refractivity contribution in [3.8, 4) is 0 Å². The Morgan fingerprint density at radius 1 is 1.44 bits per heavy atom. The summed E-state index contributed by atoms with van der Waals surface area (Å²) in [5.74, 6) is 0.766. The minimum Gasteiger partial charge on any atom is -0.340 e. The summed E-state index contributed by atoms with van der Waals surface area (Å²) in [6.45, 7) is 1.98. The summed E-state index contributed by atoms with van der Waals surface area (Å²) in [6.07, 6.45) is 0. The summed E-state index contributed by atoms with van der Waals surface area (Å²) in [6, 6.07) is 6.91. The SMILES string of the molecule is Cc1nc(CN(C)C(=O)c2ccccc2Cl)no1. The summed E-state index contributed by atoms with van der Waals surface area (Å²) in [5.41, 5.74) is 0.460. The summed E-state index contributed by atoms with van der Waals surface area (Å²) < 4.78 is 4.85. The molecule has 1 amide bonds. The standard InChI is InChI=1S/C12H12ClN3O2/c1-8-14-11(15-18-8)7-16(2)12(17)9-5-3-4-6-10(9)13/h3-6H,7H2,1-2H3. The highest BCUT2D eigenvalue weighted by atomic mass is 35.5. The first kappa shape index (κ1) is 12.6. The lowest BCUT2D eigenvalue weighted by Gasteiger charge is -2.15. The molecule has 1 aromatic carbocycles. The fourth-order valence-electron chi connectivity index (χ4n) is 1.53. The maximum Gasteiger partial charge on any atom is 0.255 e. The fourth-order valence-corrected chi connectivity index (χ4v) is 1.75. The summed E-state index contributed by atoms with van der Waals surface area (Å²) in [7, 11) is 1.66. The van der Waals surface area contributed by atoms with Crippen LogP contribution in [0.15, 0.2) is 28.8 Å². The van der Waals surface area contributed by atoms with Gasteiger partial charge in [-0.3, -0.25) is 4.79 Å². The van der Waals surface area contributed by atoms with Gasteiger partial charge in [-0.25, -0.2) is 0 Å². The Bertz CT molecular complexity index is 568. The van der Waals surface area contributed by atoms with Gasteiger partial charge in [0.15, 0.2) is 5.82 Å². The van der Waals surface area contributed by atoms with E-state index in [-0.39, 0.29) is 12.5 Å². The number of amides is 1. The van der Waals surface area contributed by atoms with E-state index >= 15 is 0 Å². The van der Waals surface area contributed by atoms with Crippen molar-refractivity contribution < 1.29 is 9.32 Å². The van der Waals surface area contributed by atoms with Crippen molar-refractivity contribution in [2.24, 2.45) is 0 Å². The zero-order valence-electron chi connectivity index (χ0n) is 10.1. The number of carbonyl (C=O) groups is 1. The number of benzene rings is 1. The molecule has 0 saturated carbocycles. The fraction of sp³-hybridized carbons (Fsp3) is 0.250. The third kappa shape index (κ3) is 2.68. The first-order valence-electron chi connectivity index (χ1n) is 5.37. The molecule has 0 aliphatic rings. The molecule has 5 nitrogen and oxygen atoms in total. The van der Waals surface area contributed by atoms with Crippen molar-refractivity contribution in [1.29, 1.82) is 0 Å². The Labute approximate surface area is 109 Å². The van der Waals surface area contributed by atoms with Crippen molar-refractivity contribution in [3.05, 3.63) is 46.6 Å². The Balaban J connectivity index is 2.12. The highest BCUT2D eigenvalue weighted by Gasteiger charge is 2.16. The molecule has 94 valence electrons. The average Bonchev–Trinajstić information content (AvgIpc) is 2.74. The quantitative estimate of drug-likeness (QED) is 0.854. The third-order valence-corrected chi connectivity index (χ3v) is 2.73. The molecule has 0 N–H and O–H groups in total. The van der Waals surface area contributed by atoms with Crippen molar-refractivity contribution >= 4 is 17.5 Å². The Morgan fingerprint density at radius 3 is 2.78 bits per heavy atom. The van der Waals surface area contributed by atoms with Crippen LogP contribution in [0.1, 0.15) is 22.1 Å². The van der Waals surface area contributed by atoms with Crippen LogP contribution in [0.2, 0.25) is 5.02 Å². The molecule has 0 aliphatic carbocycles. The van der Waals surface area contributed by atoms with Gasteiger partial charge in [0.25, 0.3) is 5.91 Å². The zero-order chi connectivity index (χ0) is 13.1. The van der Waals surface area contributed by atoms with E-state index in [4.69, 9.17) is 16.1 Å². The number of nitrogens with zero attached hydrogens (tertiary/aromatic N) is 3. The first-order chi connectivity index (χ1) is 8.58. The second-order valence-corrected chi connectivity index (χ2v) is 4.28. The van der Waals surface area contributed by atoms with Gasteiger partial charge in [0.1, 0.15) is 0 Å². The van der Waals surface area contributed by atoms with E-state index in [1.165, 1.54) is 4.90 Å². The second kappa shape index (κ2) is 5.18. The number of halogens is 1. The Hall–Kier alpha value is -1.88. The highest BCUT2D eigenvalue weighted by Crippen LogP contribution is 2.17. The number of aromatic nitrogens is 2. The molecule has 0 aliphatic heterocycles. The van der Waals surface area contributed by atoms with Crippen LogP contribution in [0, 0.1) is 6.92 Å². The van der Waals surface area contributed by atoms with E-state index in [2.05, 4.69) is 10.1 Å². The topological polar surface area (TPSA) is 59.2 Å². The van der Waals surface area contributed by atoms with E-state index in [9.17, 15) is 4.79 Å². The molecule has 0 fully saturated rings. The molecule has 1 aromatic heterocycles. The van der Waals surface area contributed by atoms with Gasteiger partial charge in [0, 0.05) is 14.0 Å². The molecule has 2 rings (SSSR count). The number of hydrogen-bond acceptors (Lipinski definition) is 4. The molecule has 6 heteroatoms. The molecule has 0 atom stereocenters. The maximum absolute atomic E-state index is 12.1. The minimum absolute atomic E-state index is 0.178. The van der Waals surface area contributed by atoms with Gasteiger partial charge in [-0.15, -0.1) is 0 Å². The maximum atomic E-state index is 12.1. The molecule has 1 heterocycles. The molecular formula is C12H12ClN3O2. The summed E-state index contributed by atoms with van der Waals surface area (Å²) >= 11 is 5.97. The molecule has 0 saturated heterocycles. The molecule has 0 bridgehead atoms. The van der Waals surface area contributed by atoms with Gasteiger partial charge >= 0.3 is 0 Å². The monoisotopic (exact) mass is 265 g/mol. The van der Waals surface area contributed by atoms with Crippen LogP contribution in [0.25, 0.3) is 0 Å². The molecule has 0 radical (unpaired) electrons. The van der Waals surface area contributed by atoms with E-state index in [0.29, 0.717) is 22.3 Å². The largest absolute Gasteiger partial charge is 0.340 e. The molecule has 0 unspecified atom stereocenters. The van der Waals surface area contributed by atoms with Gasteiger partial charge in [0.2, 0.25) is 5.89 Å². The van der Waals surface area contributed by atoms with E-state index in [1.807, 2.05) is 0 Å². The molecule has 2 aromatic rings. The van der Waals surface area contributed by atoms with Crippen molar-refractivity contribution in [3.63, 3.8) is 0 Å². The van der Waals surface area contributed by atoms with Crippen LogP contribution in [-0.4, -0.2) is 28.0 Å². The number of rotatable bonds is 3. The van der Waals surface area contributed by atoms with Gasteiger partial charge < -0.3 is 9.42 Å². The normalized spacial score (nSPS) is 10.4. The average molecular weight is 266 g/mol. The van der Waals surface area contributed by atoms with Crippen LogP contribution in [0.5, 0.6) is 0 Å². The van der Waals surface area contributed by atoms with E-state index in [1.54, 1.807) is 38.2 Å². The lowest BCUT2D eigenvalue weighted by atomic mass is 10.2. The molecular weight excluding hydrogens is 254 g/mol. The third-order valence-electron chi connectivity index (χ3n) is 2.40. The van der Waals surface area contributed by atoms with Crippen LogP contribution in [0.3, 0.4) is 0 Å². The van der Waals surface area contributed by atoms with Crippen molar-refractivity contribution in [1.82, 2.24) is 15.0 Å². The van der Waals surface area contributed by atoms with E-state index < -0.39 is 0 Å². The molecule has 18 heavy (non-hydrogen) atoms. The second-order valence-electron chi connectivity index (χ2n) is 3.87. The van der Waals surface area contributed by atoms with Gasteiger partial charge in [-0.05, 0) is 12.1 Å². The van der Waals surface area contributed by atoms with Crippen LogP contribution < -0.4 is 0 Å². The summed E-state index contributed by atoms with van der Waals surface area (Å²) in [5, 5.41) is 4.17. The number of carbonyl (C=O) groups excluding carboxylic acids is 1. The van der Waals surface area contributed by atoms with Crippen molar-refractivity contribution in [2.45, 2.75) is 13.5 Å². The highest BCUT2D eigenvalue weighted by molar-refractivity contribution is 6.33. The predicted molar refractivity (Wildman–Crippen MR) is 66.3 cm³/mol. The first-order valence-corrected chi connectivity index (χ1v) is 5.75. The van der Waals surface area contributed by atoms with Crippen molar-refractivity contribution in [2.75, 3.05) is 7.05 Å². The predicted octanol–water partition coefficient (Wildman–Crippen LogP) is 2.30.